The van der Waals surface area contributed by atoms with E-state index in [1.807, 2.05) is 23.9 Å². The van der Waals surface area contributed by atoms with Crippen LogP contribution in [0.3, 0.4) is 0 Å². The molecule has 2 nitrogen and oxygen atoms in total. The molecule has 1 aromatic carbocycles. The van der Waals surface area contributed by atoms with Crippen LogP contribution in [-0.2, 0) is 5.75 Å². The fraction of sp³-hybridized carbons (Fsp3) is 0.588. The Labute approximate surface area is 125 Å². The maximum absolute atomic E-state index is 12.3. The highest BCUT2D eigenvalue weighted by atomic mass is 32.2. The van der Waals surface area contributed by atoms with Crippen molar-refractivity contribution in [2.24, 2.45) is 11.8 Å². The summed E-state index contributed by atoms with van der Waals surface area (Å²) in [6.45, 7) is 2.17. The smallest absolute Gasteiger partial charge is 0.251 e. The minimum Gasteiger partial charge on any atom is -0.349 e. The molecule has 0 saturated heterocycles. The molecule has 0 aromatic heterocycles. The highest BCUT2D eigenvalue weighted by Gasteiger charge is 2.42. The first-order valence-electron chi connectivity index (χ1n) is 7.75. The second-order valence-electron chi connectivity index (χ2n) is 6.01. The summed E-state index contributed by atoms with van der Waals surface area (Å²) >= 11 is 1.91. The van der Waals surface area contributed by atoms with Crippen LogP contribution in [0.25, 0.3) is 0 Å². The molecule has 3 rings (SSSR count). The van der Waals surface area contributed by atoms with Gasteiger partial charge in [0.25, 0.3) is 5.91 Å². The van der Waals surface area contributed by atoms with Crippen molar-refractivity contribution in [2.75, 3.05) is 5.75 Å². The molecular weight excluding hydrogens is 266 g/mol. The van der Waals surface area contributed by atoms with Gasteiger partial charge >= 0.3 is 0 Å². The summed E-state index contributed by atoms with van der Waals surface area (Å²) in [6.07, 6.45) is 5.20. The van der Waals surface area contributed by atoms with E-state index in [2.05, 4.69) is 24.4 Å². The monoisotopic (exact) mass is 289 g/mol. The lowest BCUT2D eigenvalue weighted by molar-refractivity contribution is 0.0926. The van der Waals surface area contributed by atoms with E-state index in [1.54, 1.807) is 0 Å². The number of hydrogen-bond acceptors (Lipinski definition) is 2. The van der Waals surface area contributed by atoms with Gasteiger partial charge in [0.1, 0.15) is 0 Å². The van der Waals surface area contributed by atoms with Gasteiger partial charge in [0.05, 0.1) is 0 Å². The van der Waals surface area contributed by atoms with Gasteiger partial charge in [0.2, 0.25) is 0 Å². The summed E-state index contributed by atoms with van der Waals surface area (Å²) in [5, 5.41) is 3.28. The summed E-state index contributed by atoms with van der Waals surface area (Å²) in [5.74, 6) is 3.79. The minimum atomic E-state index is 0.114. The van der Waals surface area contributed by atoms with Gasteiger partial charge in [-0.3, -0.25) is 4.79 Å². The van der Waals surface area contributed by atoms with Gasteiger partial charge in [-0.25, -0.2) is 0 Å². The molecule has 2 saturated carbocycles. The minimum absolute atomic E-state index is 0.114. The number of nitrogens with one attached hydrogen (secondary N) is 1. The van der Waals surface area contributed by atoms with Gasteiger partial charge < -0.3 is 5.32 Å². The summed E-state index contributed by atoms with van der Waals surface area (Å²) < 4.78 is 0. The van der Waals surface area contributed by atoms with E-state index in [1.165, 1.54) is 31.2 Å². The predicted molar refractivity (Wildman–Crippen MR) is 85.0 cm³/mol. The Bertz CT molecular complexity index is 450. The summed E-state index contributed by atoms with van der Waals surface area (Å²) in [6, 6.07) is 8.55. The molecule has 0 spiro atoms. The third-order valence-corrected chi connectivity index (χ3v) is 5.19. The first-order chi connectivity index (χ1) is 9.78. The van der Waals surface area contributed by atoms with Gasteiger partial charge in [0.15, 0.2) is 0 Å². The summed E-state index contributed by atoms with van der Waals surface area (Å²) in [7, 11) is 0. The van der Waals surface area contributed by atoms with E-state index in [9.17, 15) is 4.79 Å². The zero-order valence-corrected chi connectivity index (χ0v) is 12.9. The number of carbonyl (C=O) groups excluding carboxylic acids is 1. The quantitative estimate of drug-likeness (QED) is 0.826. The first-order valence-corrected chi connectivity index (χ1v) is 8.91. The molecule has 0 heterocycles. The molecule has 2 aliphatic carbocycles. The molecule has 3 heteroatoms. The second kappa shape index (κ2) is 6.21. The van der Waals surface area contributed by atoms with Crippen LogP contribution < -0.4 is 5.32 Å². The number of rotatable bonds is 7. The largest absolute Gasteiger partial charge is 0.349 e. The van der Waals surface area contributed by atoms with Crippen LogP contribution in [0, 0.1) is 11.8 Å². The molecule has 0 bridgehead atoms. The van der Waals surface area contributed by atoms with Crippen LogP contribution in [0.15, 0.2) is 24.3 Å². The Morgan fingerprint density at radius 2 is 1.80 bits per heavy atom. The normalized spacial score (nSPS) is 18.3. The van der Waals surface area contributed by atoms with Gasteiger partial charge in [-0.1, -0.05) is 19.1 Å². The molecule has 108 valence electrons. The molecule has 0 atom stereocenters. The van der Waals surface area contributed by atoms with Gasteiger partial charge in [-0.15, -0.1) is 0 Å². The lowest BCUT2D eigenvalue weighted by Crippen LogP contribution is -2.38. The highest BCUT2D eigenvalue weighted by molar-refractivity contribution is 7.98. The molecule has 1 aromatic rings. The van der Waals surface area contributed by atoms with Crippen LogP contribution in [0.4, 0.5) is 0 Å². The molecule has 2 aliphatic rings. The molecule has 20 heavy (non-hydrogen) atoms. The topological polar surface area (TPSA) is 29.1 Å². The SMILES string of the molecule is CCSCc1ccc(C(=O)NC(C2CC2)C2CC2)cc1. The third-order valence-electron chi connectivity index (χ3n) is 4.25. The first kappa shape index (κ1) is 14.0. The third kappa shape index (κ3) is 3.57. The van der Waals surface area contributed by atoms with Crippen LogP contribution in [0.5, 0.6) is 0 Å². The van der Waals surface area contributed by atoms with Crippen molar-refractivity contribution in [2.45, 2.75) is 44.4 Å². The van der Waals surface area contributed by atoms with Crippen molar-refractivity contribution in [1.29, 1.82) is 0 Å². The second-order valence-corrected chi connectivity index (χ2v) is 7.28. The van der Waals surface area contributed by atoms with Gasteiger partial charge in [0, 0.05) is 17.4 Å². The van der Waals surface area contributed by atoms with E-state index < -0.39 is 0 Å². The highest BCUT2D eigenvalue weighted by Crippen LogP contribution is 2.44. The number of amides is 1. The average molecular weight is 289 g/mol. The van der Waals surface area contributed by atoms with E-state index in [0.717, 1.165) is 28.9 Å². The number of hydrogen-bond donors (Lipinski definition) is 1. The zero-order chi connectivity index (χ0) is 13.9. The van der Waals surface area contributed by atoms with Crippen molar-refractivity contribution in [3.63, 3.8) is 0 Å². The maximum Gasteiger partial charge on any atom is 0.251 e. The zero-order valence-electron chi connectivity index (χ0n) is 12.1. The van der Waals surface area contributed by atoms with Crippen molar-refractivity contribution >= 4 is 17.7 Å². The Hall–Kier alpha value is -0.960. The van der Waals surface area contributed by atoms with Crippen molar-refractivity contribution < 1.29 is 4.79 Å². The van der Waals surface area contributed by atoms with Crippen LogP contribution in [0.1, 0.15) is 48.5 Å². The van der Waals surface area contributed by atoms with Crippen LogP contribution in [-0.4, -0.2) is 17.7 Å². The summed E-state index contributed by atoms with van der Waals surface area (Å²) in [4.78, 5) is 12.3. The lowest BCUT2D eigenvalue weighted by Gasteiger charge is -2.17. The maximum atomic E-state index is 12.3. The van der Waals surface area contributed by atoms with Crippen molar-refractivity contribution in [1.82, 2.24) is 5.32 Å². The van der Waals surface area contributed by atoms with E-state index in [-0.39, 0.29) is 5.91 Å². The standard InChI is InChI=1S/C17H23NOS/c1-2-20-11-12-3-5-15(6-4-12)17(19)18-16(13-7-8-13)14-9-10-14/h3-6,13-14,16H,2,7-11H2,1H3,(H,18,19). The molecular formula is C17H23NOS. The molecule has 0 radical (unpaired) electrons. The van der Waals surface area contributed by atoms with E-state index >= 15 is 0 Å². The Morgan fingerprint density at radius 3 is 2.30 bits per heavy atom. The summed E-state index contributed by atoms with van der Waals surface area (Å²) in [5.41, 5.74) is 2.11. The lowest BCUT2D eigenvalue weighted by atomic mass is 10.1. The van der Waals surface area contributed by atoms with Crippen LogP contribution >= 0.6 is 11.8 Å². The van der Waals surface area contributed by atoms with Crippen LogP contribution in [0.2, 0.25) is 0 Å². The fourth-order valence-electron chi connectivity index (χ4n) is 2.74. The van der Waals surface area contributed by atoms with Crippen molar-refractivity contribution in [3.8, 4) is 0 Å². The van der Waals surface area contributed by atoms with Gasteiger partial charge in [-0.05, 0) is 61.0 Å². The number of carbonyl (C=O) groups is 1. The number of benzene rings is 1. The molecule has 2 fully saturated rings. The van der Waals surface area contributed by atoms with E-state index in [4.69, 9.17) is 0 Å². The Kier molecular flexibility index (Phi) is 4.35. The molecule has 1 N–H and O–H groups in total. The average Bonchev–Trinajstić information content (AvgIpc) is 3.36. The Morgan fingerprint density at radius 1 is 1.20 bits per heavy atom. The molecule has 1 amide bonds. The predicted octanol–water partition coefficient (Wildman–Crippen LogP) is 3.86. The molecule has 0 aliphatic heterocycles. The van der Waals surface area contributed by atoms with E-state index in [0.29, 0.717) is 6.04 Å². The van der Waals surface area contributed by atoms with Gasteiger partial charge in [-0.2, -0.15) is 11.8 Å². The Balaban J connectivity index is 1.58. The van der Waals surface area contributed by atoms with Crippen molar-refractivity contribution in [3.05, 3.63) is 35.4 Å². The molecule has 0 unspecified atom stereocenters. The number of thioether (sulfide) groups is 1. The fourth-order valence-corrected chi connectivity index (χ4v) is 3.37.